The smallest absolute Gasteiger partial charge is 0.242 e. The quantitative estimate of drug-likeness (QED) is 0.823. The highest BCUT2D eigenvalue weighted by Gasteiger charge is 2.19. The molecular weight excluding hydrogens is 240 g/mol. The summed E-state index contributed by atoms with van der Waals surface area (Å²) >= 11 is 0. The molecule has 0 radical (unpaired) electrons. The van der Waals surface area contributed by atoms with Gasteiger partial charge in [-0.25, -0.2) is 8.42 Å². The van der Waals surface area contributed by atoms with E-state index in [2.05, 4.69) is 0 Å². The number of benzene rings is 1. The minimum atomic E-state index is -3.54. The summed E-state index contributed by atoms with van der Waals surface area (Å²) in [5.74, 6) is 0. The average molecular weight is 254 g/mol. The number of nitriles is 1. The first-order chi connectivity index (χ1) is 8.02. The van der Waals surface area contributed by atoms with Gasteiger partial charge in [-0.15, -0.1) is 0 Å². The number of aliphatic hydroxyl groups is 1. The van der Waals surface area contributed by atoms with Crippen LogP contribution in [0, 0.1) is 11.3 Å². The molecule has 0 bridgehead atoms. The summed E-state index contributed by atoms with van der Waals surface area (Å²) in [5, 5.41) is 17.2. The van der Waals surface area contributed by atoms with Gasteiger partial charge in [-0.3, -0.25) is 0 Å². The Hall–Kier alpha value is -1.42. The van der Waals surface area contributed by atoms with Crippen LogP contribution in [0.3, 0.4) is 0 Å². The minimum absolute atomic E-state index is 0.0578. The molecule has 0 atom stereocenters. The van der Waals surface area contributed by atoms with Crippen molar-refractivity contribution in [2.75, 3.05) is 20.2 Å². The fraction of sp³-hybridized carbons (Fsp3) is 0.364. The maximum absolute atomic E-state index is 11.9. The molecule has 0 aliphatic carbocycles. The minimum Gasteiger partial charge on any atom is -0.395 e. The highest BCUT2D eigenvalue weighted by Crippen LogP contribution is 2.15. The third kappa shape index (κ3) is 3.27. The molecule has 6 heteroatoms. The molecule has 0 aliphatic heterocycles. The number of likely N-dealkylation sites (N-methyl/N-ethyl adjacent to an activating group) is 1. The normalized spacial score (nSPS) is 11.4. The largest absolute Gasteiger partial charge is 0.395 e. The Morgan fingerprint density at radius 2 is 1.94 bits per heavy atom. The van der Waals surface area contributed by atoms with E-state index in [9.17, 15) is 8.42 Å². The maximum Gasteiger partial charge on any atom is 0.242 e. The number of rotatable bonds is 5. The van der Waals surface area contributed by atoms with Crippen molar-refractivity contribution in [1.29, 1.82) is 5.26 Å². The van der Waals surface area contributed by atoms with Crippen LogP contribution in [-0.4, -0.2) is 38.0 Å². The molecule has 0 amide bonds. The van der Waals surface area contributed by atoms with Gasteiger partial charge in [-0.1, -0.05) is 12.1 Å². The fourth-order valence-corrected chi connectivity index (χ4v) is 2.47. The van der Waals surface area contributed by atoms with Gasteiger partial charge in [0.1, 0.15) is 0 Å². The molecule has 92 valence electrons. The molecule has 17 heavy (non-hydrogen) atoms. The lowest BCUT2D eigenvalue weighted by Crippen LogP contribution is -2.29. The number of sulfonamides is 1. The van der Waals surface area contributed by atoms with E-state index >= 15 is 0 Å². The number of hydrogen-bond donors (Lipinski definition) is 1. The summed E-state index contributed by atoms with van der Waals surface area (Å²) in [6.45, 7) is -0.162. The maximum atomic E-state index is 11.9. The molecule has 1 rings (SSSR count). The summed E-state index contributed by atoms with van der Waals surface area (Å²) in [4.78, 5) is 0.162. The van der Waals surface area contributed by atoms with E-state index in [1.54, 1.807) is 12.1 Å². The van der Waals surface area contributed by atoms with E-state index in [4.69, 9.17) is 10.4 Å². The number of aliphatic hydroxyl groups excluding tert-OH is 1. The van der Waals surface area contributed by atoms with Gasteiger partial charge >= 0.3 is 0 Å². The zero-order valence-electron chi connectivity index (χ0n) is 9.50. The predicted octanol–water partition coefficient (Wildman–Crippen LogP) is 0.365. The lowest BCUT2D eigenvalue weighted by atomic mass is 10.2. The van der Waals surface area contributed by atoms with Gasteiger partial charge in [0, 0.05) is 13.6 Å². The zero-order valence-corrected chi connectivity index (χ0v) is 10.3. The summed E-state index contributed by atoms with van der Waals surface area (Å²) in [5.41, 5.74) is 0.774. The highest BCUT2D eigenvalue weighted by molar-refractivity contribution is 7.89. The molecule has 0 heterocycles. The van der Waals surface area contributed by atoms with Crippen molar-refractivity contribution in [3.8, 4) is 6.07 Å². The van der Waals surface area contributed by atoms with Crippen LogP contribution in [0.1, 0.15) is 5.56 Å². The van der Waals surface area contributed by atoms with E-state index in [0.29, 0.717) is 0 Å². The van der Waals surface area contributed by atoms with Crippen LogP contribution < -0.4 is 0 Å². The van der Waals surface area contributed by atoms with Crippen LogP contribution in [0.4, 0.5) is 0 Å². The third-order valence-corrected chi connectivity index (χ3v) is 4.20. The molecule has 5 nitrogen and oxygen atoms in total. The highest BCUT2D eigenvalue weighted by atomic mass is 32.2. The fourth-order valence-electron chi connectivity index (χ4n) is 1.31. The van der Waals surface area contributed by atoms with Crippen LogP contribution in [-0.2, 0) is 16.4 Å². The van der Waals surface area contributed by atoms with Crippen LogP contribution >= 0.6 is 0 Å². The molecule has 0 saturated carbocycles. The second-order valence-electron chi connectivity index (χ2n) is 3.53. The molecule has 0 fully saturated rings. The molecule has 0 aromatic heterocycles. The summed E-state index contributed by atoms with van der Waals surface area (Å²) in [6.07, 6.45) is 0.257. The van der Waals surface area contributed by atoms with Gasteiger partial charge < -0.3 is 5.11 Å². The first-order valence-electron chi connectivity index (χ1n) is 5.05. The third-order valence-electron chi connectivity index (χ3n) is 2.33. The standard InChI is InChI=1S/C11H14N2O3S/c1-13(8-9-14)17(15,16)11-4-2-10(3-5-11)6-7-12/h2-5,14H,6,8-9H2,1H3. The molecular formula is C11H14N2O3S. The Labute approximate surface area is 101 Å². The van der Waals surface area contributed by atoms with Crippen molar-refractivity contribution in [3.63, 3.8) is 0 Å². The topological polar surface area (TPSA) is 81.4 Å². The van der Waals surface area contributed by atoms with E-state index in [1.807, 2.05) is 6.07 Å². The summed E-state index contributed by atoms with van der Waals surface area (Å²) < 4.78 is 25.0. The van der Waals surface area contributed by atoms with Gasteiger partial charge in [0.2, 0.25) is 10.0 Å². The monoisotopic (exact) mass is 254 g/mol. The van der Waals surface area contributed by atoms with E-state index in [1.165, 1.54) is 19.2 Å². The van der Waals surface area contributed by atoms with E-state index in [0.717, 1.165) is 9.87 Å². The first kappa shape index (κ1) is 13.6. The molecule has 1 aromatic carbocycles. The Bertz CT molecular complexity index is 503. The van der Waals surface area contributed by atoms with Crippen LogP contribution in [0.2, 0.25) is 0 Å². The second kappa shape index (κ2) is 5.77. The van der Waals surface area contributed by atoms with Crippen molar-refractivity contribution in [3.05, 3.63) is 29.8 Å². The molecule has 0 saturated heterocycles. The Morgan fingerprint density at radius 1 is 1.35 bits per heavy atom. The summed E-state index contributed by atoms with van der Waals surface area (Å²) in [6, 6.07) is 8.16. The van der Waals surface area contributed by atoms with Gasteiger partial charge in [-0.2, -0.15) is 9.57 Å². The zero-order chi connectivity index (χ0) is 12.9. The number of nitrogens with zero attached hydrogens (tertiary/aromatic N) is 2. The predicted molar refractivity (Wildman–Crippen MR) is 62.7 cm³/mol. The lowest BCUT2D eigenvalue weighted by molar-refractivity contribution is 0.266. The van der Waals surface area contributed by atoms with Crippen molar-refractivity contribution in [2.24, 2.45) is 0 Å². The van der Waals surface area contributed by atoms with Crippen molar-refractivity contribution < 1.29 is 13.5 Å². The second-order valence-corrected chi connectivity index (χ2v) is 5.57. The van der Waals surface area contributed by atoms with Crippen molar-refractivity contribution in [2.45, 2.75) is 11.3 Å². The summed E-state index contributed by atoms with van der Waals surface area (Å²) in [7, 11) is -2.13. The van der Waals surface area contributed by atoms with Gasteiger partial charge in [0.05, 0.1) is 24.0 Å². The van der Waals surface area contributed by atoms with Crippen LogP contribution in [0.5, 0.6) is 0 Å². The van der Waals surface area contributed by atoms with Crippen molar-refractivity contribution >= 4 is 10.0 Å². The van der Waals surface area contributed by atoms with Crippen LogP contribution in [0.25, 0.3) is 0 Å². The lowest BCUT2D eigenvalue weighted by Gasteiger charge is -2.15. The molecule has 1 N–H and O–H groups in total. The van der Waals surface area contributed by atoms with E-state index < -0.39 is 10.0 Å². The van der Waals surface area contributed by atoms with Crippen LogP contribution in [0.15, 0.2) is 29.2 Å². The average Bonchev–Trinajstić information content (AvgIpc) is 2.30. The van der Waals surface area contributed by atoms with Gasteiger partial charge in [0.25, 0.3) is 0 Å². The Morgan fingerprint density at radius 3 is 2.41 bits per heavy atom. The van der Waals surface area contributed by atoms with E-state index in [-0.39, 0.29) is 24.5 Å². The SMILES string of the molecule is CN(CCO)S(=O)(=O)c1ccc(CC#N)cc1. The molecule has 0 spiro atoms. The van der Waals surface area contributed by atoms with Crippen molar-refractivity contribution in [1.82, 2.24) is 4.31 Å². The number of hydrogen-bond acceptors (Lipinski definition) is 4. The van der Waals surface area contributed by atoms with Gasteiger partial charge in [-0.05, 0) is 17.7 Å². The molecule has 0 unspecified atom stereocenters. The van der Waals surface area contributed by atoms with Gasteiger partial charge in [0.15, 0.2) is 0 Å². The Balaban J connectivity index is 2.97. The first-order valence-corrected chi connectivity index (χ1v) is 6.49. The molecule has 1 aromatic rings. The molecule has 0 aliphatic rings. The Kier molecular flexibility index (Phi) is 4.63.